The van der Waals surface area contributed by atoms with Gasteiger partial charge in [0, 0.05) is 24.8 Å². The Kier molecular flexibility index (Phi) is 3.91. The number of amides is 1. The molecule has 0 spiro atoms. The molecule has 0 aliphatic heterocycles. The number of rotatable bonds is 6. The second-order valence-electron chi connectivity index (χ2n) is 7.31. The molecule has 126 valence electrons. The van der Waals surface area contributed by atoms with E-state index in [9.17, 15) is 4.79 Å². The Morgan fingerprint density at radius 2 is 1.88 bits per heavy atom. The van der Waals surface area contributed by atoms with Gasteiger partial charge >= 0.3 is 0 Å². The van der Waals surface area contributed by atoms with Gasteiger partial charge in [0.2, 0.25) is 0 Å². The zero-order chi connectivity index (χ0) is 16.7. The van der Waals surface area contributed by atoms with E-state index < -0.39 is 0 Å². The van der Waals surface area contributed by atoms with Crippen LogP contribution in [-0.2, 0) is 6.54 Å². The van der Waals surface area contributed by atoms with Crippen molar-refractivity contribution < 1.29 is 4.79 Å². The zero-order valence-corrected chi connectivity index (χ0v) is 14.5. The molecule has 4 heteroatoms. The van der Waals surface area contributed by atoms with Gasteiger partial charge in [0.05, 0.1) is 0 Å². The van der Waals surface area contributed by atoms with Crippen molar-refractivity contribution in [3.8, 4) is 0 Å². The Hall–Kier alpha value is -2.10. The van der Waals surface area contributed by atoms with E-state index in [1.165, 1.54) is 31.2 Å². The van der Waals surface area contributed by atoms with Gasteiger partial charge in [0.25, 0.3) is 5.91 Å². The molecule has 2 fully saturated rings. The number of hydrogen-bond donors (Lipinski definition) is 0. The van der Waals surface area contributed by atoms with Crippen LogP contribution in [0.15, 0.2) is 30.3 Å². The van der Waals surface area contributed by atoms with Crippen LogP contribution in [-0.4, -0.2) is 26.9 Å². The minimum atomic E-state index is 0.0887. The van der Waals surface area contributed by atoms with Gasteiger partial charge < -0.3 is 9.47 Å². The second kappa shape index (κ2) is 6.08. The summed E-state index contributed by atoms with van der Waals surface area (Å²) in [7, 11) is 0. The van der Waals surface area contributed by atoms with Crippen LogP contribution >= 0.6 is 0 Å². The maximum atomic E-state index is 13.2. The van der Waals surface area contributed by atoms with Crippen LogP contribution in [0.2, 0.25) is 0 Å². The Labute approximate surface area is 143 Å². The van der Waals surface area contributed by atoms with Crippen molar-refractivity contribution in [1.82, 2.24) is 14.5 Å². The van der Waals surface area contributed by atoms with E-state index in [1.807, 2.05) is 36.9 Å². The van der Waals surface area contributed by atoms with E-state index >= 15 is 0 Å². The van der Waals surface area contributed by atoms with Crippen LogP contribution in [0.25, 0.3) is 0 Å². The smallest absolute Gasteiger partial charge is 0.274 e. The normalized spacial score (nSPS) is 17.1. The predicted octanol–water partition coefficient (Wildman–Crippen LogP) is 3.89. The molecule has 4 rings (SSSR count). The van der Waals surface area contributed by atoms with Gasteiger partial charge in [-0.15, -0.1) is 0 Å². The largest absolute Gasteiger partial charge is 0.333 e. The monoisotopic (exact) mass is 323 g/mol. The Bertz CT molecular complexity index is 742. The summed E-state index contributed by atoms with van der Waals surface area (Å²) in [6.45, 7) is 5.58. The van der Waals surface area contributed by atoms with Crippen LogP contribution in [0.1, 0.15) is 59.3 Å². The van der Waals surface area contributed by atoms with Crippen molar-refractivity contribution in [3.63, 3.8) is 0 Å². The van der Waals surface area contributed by atoms with Gasteiger partial charge in [0.1, 0.15) is 11.5 Å². The number of aryl methyl sites for hydroxylation is 1. The van der Waals surface area contributed by atoms with Crippen LogP contribution in [0.4, 0.5) is 0 Å². The van der Waals surface area contributed by atoms with E-state index in [2.05, 4.69) is 21.7 Å². The van der Waals surface area contributed by atoms with Gasteiger partial charge in [-0.3, -0.25) is 4.79 Å². The van der Waals surface area contributed by atoms with E-state index in [-0.39, 0.29) is 5.91 Å². The molecule has 2 aliphatic carbocycles. The molecule has 0 saturated heterocycles. The van der Waals surface area contributed by atoms with Crippen molar-refractivity contribution in [1.29, 1.82) is 0 Å². The summed E-state index contributed by atoms with van der Waals surface area (Å²) in [4.78, 5) is 19.8. The maximum Gasteiger partial charge on any atom is 0.274 e. The van der Waals surface area contributed by atoms with Crippen molar-refractivity contribution in [3.05, 3.63) is 53.1 Å². The summed E-state index contributed by atoms with van der Waals surface area (Å²) in [5, 5.41) is 0. The first-order chi connectivity index (χ1) is 11.6. The highest BCUT2D eigenvalue weighted by atomic mass is 16.2. The van der Waals surface area contributed by atoms with Crippen molar-refractivity contribution >= 4 is 5.91 Å². The van der Waals surface area contributed by atoms with Gasteiger partial charge in [-0.2, -0.15) is 0 Å². The molecular formula is C20H25N3O. The lowest BCUT2D eigenvalue weighted by atomic mass is 10.2. The SMILES string of the molecule is Cc1nc(C(=O)N(Cc2ccccc2)CC2CC2)c(C)n1C1CC1. The fourth-order valence-electron chi connectivity index (χ4n) is 3.51. The molecule has 0 radical (unpaired) electrons. The molecule has 2 aliphatic rings. The maximum absolute atomic E-state index is 13.2. The standard InChI is InChI=1S/C20H25N3O/c1-14-19(21-15(2)23(14)18-10-11-18)20(24)22(13-17-8-9-17)12-16-6-4-3-5-7-16/h3-7,17-18H,8-13H2,1-2H3. The molecule has 0 atom stereocenters. The van der Waals surface area contributed by atoms with Gasteiger partial charge in [-0.25, -0.2) is 4.98 Å². The highest BCUT2D eigenvalue weighted by Gasteiger charge is 2.32. The molecule has 0 bridgehead atoms. The van der Waals surface area contributed by atoms with E-state index in [0.717, 1.165) is 18.1 Å². The summed E-state index contributed by atoms with van der Waals surface area (Å²) >= 11 is 0. The molecule has 4 nitrogen and oxygen atoms in total. The molecule has 2 saturated carbocycles. The average Bonchev–Trinajstić information content (AvgIpc) is 3.48. The van der Waals surface area contributed by atoms with Gasteiger partial charge in [-0.1, -0.05) is 30.3 Å². The quantitative estimate of drug-likeness (QED) is 0.809. The fourth-order valence-corrected chi connectivity index (χ4v) is 3.51. The molecule has 24 heavy (non-hydrogen) atoms. The molecule has 1 amide bonds. The van der Waals surface area contributed by atoms with Crippen molar-refractivity contribution in [2.45, 2.75) is 52.1 Å². The third-order valence-corrected chi connectivity index (χ3v) is 5.12. The van der Waals surface area contributed by atoms with E-state index in [1.54, 1.807) is 0 Å². The third kappa shape index (κ3) is 3.10. The van der Waals surface area contributed by atoms with Gasteiger partial charge in [-0.05, 0) is 51.0 Å². The lowest BCUT2D eigenvalue weighted by Crippen LogP contribution is -2.33. The molecule has 2 aromatic rings. The fraction of sp³-hybridized carbons (Fsp3) is 0.500. The molecule has 1 heterocycles. The molecule has 0 unspecified atom stereocenters. The topological polar surface area (TPSA) is 38.1 Å². The molecular weight excluding hydrogens is 298 g/mol. The van der Waals surface area contributed by atoms with Crippen LogP contribution < -0.4 is 0 Å². The predicted molar refractivity (Wildman–Crippen MR) is 93.9 cm³/mol. The summed E-state index contributed by atoms with van der Waals surface area (Å²) in [5.41, 5.74) is 2.87. The minimum Gasteiger partial charge on any atom is -0.333 e. The first kappa shape index (κ1) is 15.4. The first-order valence-electron chi connectivity index (χ1n) is 9.02. The number of carbonyl (C=O) groups excluding carboxylic acids is 1. The summed E-state index contributed by atoms with van der Waals surface area (Å²) < 4.78 is 2.26. The Morgan fingerprint density at radius 1 is 1.17 bits per heavy atom. The highest BCUT2D eigenvalue weighted by Crippen LogP contribution is 2.38. The van der Waals surface area contributed by atoms with Crippen LogP contribution in [0, 0.1) is 19.8 Å². The van der Waals surface area contributed by atoms with Crippen LogP contribution in [0.5, 0.6) is 0 Å². The van der Waals surface area contributed by atoms with E-state index in [0.29, 0.717) is 24.2 Å². The van der Waals surface area contributed by atoms with Crippen LogP contribution in [0.3, 0.4) is 0 Å². The minimum absolute atomic E-state index is 0.0887. The molecule has 0 N–H and O–H groups in total. The number of nitrogens with zero attached hydrogens (tertiary/aromatic N) is 3. The second-order valence-corrected chi connectivity index (χ2v) is 7.31. The molecule has 1 aromatic carbocycles. The number of hydrogen-bond acceptors (Lipinski definition) is 2. The summed E-state index contributed by atoms with van der Waals surface area (Å²) in [6, 6.07) is 10.8. The zero-order valence-electron chi connectivity index (χ0n) is 14.5. The number of imidazole rings is 1. The number of benzene rings is 1. The number of carbonyl (C=O) groups is 1. The third-order valence-electron chi connectivity index (χ3n) is 5.12. The Balaban J connectivity index is 1.60. The van der Waals surface area contributed by atoms with E-state index in [4.69, 9.17) is 0 Å². The lowest BCUT2D eigenvalue weighted by molar-refractivity contribution is 0.0728. The first-order valence-corrected chi connectivity index (χ1v) is 9.02. The lowest BCUT2D eigenvalue weighted by Gasteiger charge is -2.22. The van der Waals surface area contributed by atoms with Gasteiger partial charge in [0.15, 0.2) is 0 Å². The highest BCUT2D eigenvalue weighted by molar-refractivity contribution is 5.93. The average molecular weight is 323 g/mol. The summed E-state index contributed by atoms with van der Waals surface area (Å²) in [6.07, 6.45) is 4.91. The number of aromatic nitrogens is 2. The van der Waals surface area contributed by atoms with Crippen molar-refractivity contribution in [2.24, 2.45) is 5.92 Å². The Morgan fingerprint density at radius 3 is 2.50 bits per heavy atom. The van der Waals surface area contributed by atoms with Crippen molar-refractivity contribution in [2.75, 3.05) is 6.54 Å². The summed E-state index contributed by atoms with van der Waals surface area (Å²) in [5.74, 6) is 1.74. The molecule has 1 aromatic heterocycles.